The summed E-state index contributed by atoms with van der Waals surface area (Å²) in [5, 5.41) is 0. The molecule has 5 heteroatoms. The maximum absolute atomic E-state index is 5.04. The Balaban J connectivity index is 2.95. The lowest BCUT2D eigenvalue weighted by Gasteiger charge is -2.07. The van der Waals surface area contributed by atoms with Crippen LogP contribution in [0.3, 0.4) is 0 Å². The van der Waals surface area contributed by atoms with Gasteiger partial charge in [0.25, 0.3) is 0 Å². The Kier molecular flexibility index (Phi) is 3.48. The minimum absolute atomic E-state index is 0.266. The first kappa shape index (κ1) is 9.76. The van der Waals surface area contributed by atoms with Gasteiger partial charge in [-0.3, -0.25) is 4.84 Å². The van der Waals surface area contributed by atoms with Crippen LogP contribution in [0.15, 0.2) is 12.3 Å². The molecule has 0 saturated carbocycles. The van der Waals surface area contributed by atoms with Crippen LogP contribution in [0.4, 0.5) is 0 Å². The number of aromatic nitrogens is 1. The lowest BCUT2D eigenvalue weighted by Crippen LogP contribution is -2.02. The van der Waals surface area contributed by atoms with Crippen molar-refractivity contribution in [3.8, 4) is 11.6 Å². The fourth-order valence-electron chi connectivity index (χ4n) is 0.961. The van der Waals surface area contributed by atoms with Crippen LogP contribution in [-0.4, -0.2) is 19.2 Å². The number of pyridine rings is 1. The van der Waals surface area contributed by atoms with Gasteiger partial charge in [-0.2, -0.15) is 0 Å². The standard InChI is InChI=1S/C8H12N2O3/c1-11-7-4-10-8(12-2)3-6(7)5-13-9/h3-4H,5,9H2,1-2H3. The Bertz CT molecular complexity index is 278. The fraction of sp³-hybridized carbons (Fsp3) is 0.375. The van der Waals surface area contributed by atoms with E-state index < -0.39 is 0 Å². The zero-order chi connectivity index (χ0) is 9.68. The molecule has 0 aliphatic carbocycles. The van der Waals surface area contributed by atoms with Gasteiger partial charge in [-0.15, -0.1) is 0 Å². The molecule has 0 fully saturated rings. The molecule has 0 aliphatic heterocycles. The Morgan fingerprint density at radius 2 is 2.15 bits per heavy atom. The predicted molar refractivity (Wildman–Crippen MR) is 46.3 cm³/mol. The van der Waals surface area contributed by atoms with Gasteiger partial charge in [0, 0.05) is 11.6 Å². The number of hydrogen-bond donors (Lipinski definition) is 1. The molecule has 1 rings (SSSR count). The molecule has 72 valence electrons. The second-order valence-electron chi connectivity index (χ2n) is 2.35. The largest absolute Gasteiger partial charge is 0.495 e. The molecule has 0 radical (unpaired) electrons. The van der Waals surface area contributed by atoms with Crippen LogP contribution in [0.25, 0.3) is 0 Å². The number of nitrogens with two attached hydrogens (primary N) is 1. The molecule has 0 spiro atoms. The van der Waals surface area contributed by atoms with Gasteiger partial charge in [0.2, 0.25) is 5.88 Å². The molecule has 0 bridgehead atoms. The summed E-state index contributed by atoms with van der Waals surface area (Å²) in [7, 11) is 3.10. The maximum Gasteiger partial charge on any atom is 0.213 e. The van der Waals surface area contributed by atoms with Crippen LogP contribution < -0.4 is 15.4 Å². The first-order chi connectivity index (χ1) is 6.31. The zero-order valence-corrected chi connectivity index (χ0v) is 7.61. The second kappa shape index (κ2) is 4.64. The van der Waals surface area contributed by atoms with E-state index in [1.807, 2.05) is 0 Å². The highest BCUT2D eigenvalue weighted by Gasteiger charge is 2.05. The number of hydrogen-bond acceptors (Lipinski definition) is 5. The minimum atomic E-state index is 0.266. The number of methoxy groups -OCH3 is 2. The van der Waals surface area contributed by atoms with Crippen molar-refractivity contribution < 1.29 is 14.3 Å². The van der Waals surface area contributed by atoms with Gasteiger partial charge in [0.15, 0.2) is 0 Å². The zero-order valence-electron chi connectivity index (χ0n) is 7.61. The third kappa shape index (κ3) is 2.30. The van der Waals surface area contributed by atoms with Gasteiger partial charge in [0.05, 0.1) is 27.0 Å². The summed E-state index contributed by atoms with van der Waals surface area (Å²) in [4.78, 5) is 8.47. The van der Waals surface area contributed by atoms with E-state index in [-0.39, 0.29) is 6.61 Å². The van der Waals surface area contributed by atoms with E-state index in [9.17, 15) is 0 Å². The van der Waals surface area contributed by atoms with Crippen molar-refractivity contribution in [1.82, 2.24) is 4.98 Å². The molecule has 0 saturated heterocycles. The topological polar surface area (TPSA) is 66.6 Å². The Morgan fingerprint density at radius 1 is 1.38 bits per heavy atom. The van der Waals surface area contributed by atoms with Crippen LogP contribution in [-0.2, 0) is 11.4 Å². The fourth-order valence-corrected chi connectivity index (χ4v) is 0.961. The van der Waals surface area contributed by atoms with Gasteiger partial charge in [-0.05, 0) is 0 Å². The van der Waals surface area contributed by atoms with Gasteiger partial charge in [0.1, 0.15) is 5.75 Å². The highest BCUT2D eigenvalue weighted by molar-refractivity contribution is 5.34. The van der Waals surface area contributed by atoms with Gasteiger partial charge < -0.3 is 9.47 Å². The molecule has 0 aromatic carbocycles. The molecule has 1 aromatic rings. The van der Waals surface area contributed by atoms with Crippen molar-refractivity contribution in [1.29, 1.82) is 0 Å². The van der Waals surface area contributed by atoms with E-state index in [4.69, 9.17) is 15.4 Å². The molecule has 2 N–H and O–H groups in total. The highest BCUT2D eigenvalue weighted by Crippen LogP contribution is 2.21. The second-order valence-corrected chi connectivity index (χ2v) is 2.35. The van der Waals surface area contributed by atoms with Crippen molar-refractivity contribution in [2.24, 2.45) is 5.90 Å². The summed E-state index contributed by atoms with van der Waals surface area (Å²) in [6.45, 7) is 0.266. The number of nitrogens with zero attached hydrogens (tertiary/aromatic N) is 1. The van der Waals surface area contributed by atoms with Crippen molar-refractivity contribution in [3.63, 3.8) is 0 Å². The van der Waals surface area contributed by atoms with Gasteiger partial charge in [-0.1, -0.05) is 0 Å². The lowest BCUT2D eigenvalue weighted by molar-refractivity contribution is 0.121. The van der Waals surface area contributed by atoms with E-state index in [0.29, 0.717) is 11.6 Å². The van der Waals surface area contributed by atoms with Crippen molar-refractivity contribution in [3.05, 3.63) is 17.8 Å². The van der Waals surface area contributed by atoms with Crippen LogP contribution in [0.5, 0.6) is 11.6 Å². The van der Waals surface area contributed by atoms with E-state index in [2.05, 4.69) is 9.82 Å². The Morgan fingerprint density at radius 3 is 2.69 bits per heavy atom. The molecule has 0 amide bonds. The number of rotatable bonds is 4. The van der Waals surface area contributed by atoms with Crippen molar-refractivity contribution in [2.45, 2.75) is 6.61 Å². The summed E-state index contributed by atoms with van der Waals surface area (Å²) in [6.07, 6.45) is 1.56. The molecular formula is C8H12N2O3. The molecule has 13 heavy (non-hydrogen) atoms. The molecule has 0 aliphatic rings. The summed E-state index contributed by atoms with van der Waals surface area (Å²) in [5.41, 5.74) is 0.803. The van der Waals surface area contributed by atoms with E-state index in [0.717, 1.165) is 5.56 Å². The SMILES string of the molecule is COc1cc(CON)c(OC)cn1. The van der Waals surface area contributed by atoms with E-state index in [1.54, 1.807) is 26.5 Å². The summed E-state index contributed by atoms with van der Waals surface area (Å²) < 4.78 is 9.98. The van der Waals surface area contributed by atoms with E-state index >= 15 is 0 Å². The average Bonchev–Trinajstić information content (AvgIpc) is 2.18. The average molecular weight is 184 g/mol. The summed E-state index contributed by atoms with van der Waals surface area (Å²) >= 11 is 0. The van der Waals surface area contributed by atoms with Gasteiger partial charge in [-0.25, -0.2) is 10.9 Å². The predicted octanol–water partition coefficient (Wildman–Crippen LogP) is 0.489. The Hall–Kier alpha value is -1.33. The Labute approximate surface area is 76.4 Å². The third-order valence-corrected chi connectivity index (χ3v) is 1.59. The molecule has 0 atom stereocenters. The molecule has 1 heterocycles. The quantitative estimate of drug-likeness (QED) is 0.690. The molecule has 0 unspecified atom stereocenters. The maximum atomic E-state index is 5.04. The minimum Gasteiger partial charge on any atom is -0.495 e. The third-order valence-electron chi connectivity index (χ3n) is 1.59. The van der Waals surface area contributed by atoms with E-state index in [1.165, 1.54) is 0 Å². The van der Waals surface area contributed by atoms with Crippen molar-refractivity contribution in [2.75, 3.05) is 14.2 Å². The van der Waals surface area contributed by atoms with Crippen LogP contribution in [0, 0.1) is 0 Å². The molecule has 1 aromatic heterocycles. The van der Waals surface area contributed by atoms with Crippen molar-refractivity contribution >= 4 is 0 Å². The number of ether oxygens (including phenoxy) is 2. The van der Waals surface area contributed by atoms with Gasteiger partial charge >= 0.3 is 0 Å². The first-order valence-electron chi connectivity index (χ1n) is 3.70. The summed E-state index contributed by atoms with van der Waals surface area (Å²) in [5.74, 6) is 6.10. The van der Waals surface area contributed by atoms with Crippen LogP contribution >= 0.6 is 0 Å². The summed E-state index contributed by atoms with van der Waals surface area (Å²) in [6, 6.07) is 1.71. The van der Waals surface area contributed by atoms with Crippen LogP contribution in [0.1, 0.15) is 5.56 Å². The highest BCUT2D eigenvalue weighted by atomic mass is 16.6. The smallest absolute Gasteiger partial charge is 0.213 e. The lowest BCUT2D eigenvalue weighted by atomic mass is 10.2. The monoisotopic (exact) mass is 184 g/mol. The molecular weight excluding hydrogens is 172 g/mol. The van der Waals surface area contributed by atoms with Crippen LogP contribution in [0.2, 0.25) is 0 Å². The molecule has 5 nitrogen and oxygen atoms in total. The first-order valence-corrected chi connectivity index (χ1v) is 3.70. The normalized spacial score (nSPS) is 9.77.